The van der Waals surface area contributed by atoms with Gasteiger partial charge >= 0.3 is 0 Å². The van der Waals surface area contributed by atoms with Gasteiger partial charge in [0.25, 0.3) is 0 Å². The molecule has 0 radical (unpaired) electrons. The molecule has 94 valence electrons. The lowest BCUT2D eigenvalue weighted by molar-refractivity contribution is -0.0329. The molecule has 2 nitrogen and oxygen atoms in total. The van der Waals surface area contributed by atoms with E-state index in [0.29, 0.717) is 11.4 Å². The van der Waals surface area contributed by atoms with E-state index in [9.17, 15) is 5.11 Å². The Labute approximate surface area is 115 Å². The van der Waals surface area contributed by atoms with Crippen LogP contribution in [0.15, 0.2) is 22.7 Å². The van der Waals surface area contributed by atoms with Gasteiger partial charge in [0, 0.05) is 17.4 Å². The van der Waals surface area contributed by atoms with Crippen molar-refractivity contribution in [2.75, 3.05) is 13.1 Å². The van der Waals surface area contributed by atoms with E-state index in [2.05, 4.69) is 28.2 Å². The molecule has 1 fully saturated rings. The molecule has 1 aromatic rings. The first-order valence-electron chi connectivity index (χ1n) is 5.88. The summed E-state index contributed by atoms with van der Waals surface area (Å²) in [6.07, 6.45) is 1.46. The largest absolute Gasteiger partial charge is 0.389 e. The fraction of sp³-hybridized carbons (Fsp3) is 0.538. The van der Waals surface area contributed by atoms with Gasteiger partial charge in [-0.25, -0.2) is 0 Å². The maximum absolute atomic E-state index is 10.7. The van der Waals surface area contributed by atoms with E-state index in [0.717, 1.165) is 29.5 Å². The second-order valence-corrected chi connectivity index (χ2v) is 6.15. The summed E-state index contributed by atoms with van der Waals surface area (Å²) in [5, 5.41) is 14.7. The molecule has 1 aliphatic rings. The van der Waals surface area contributed by atoms with E-state index in [1.807, 2.05) is 18.2 Å². The first-order chi connectivity index (χ1) is 8.01. The van der Waals surface area contributed by atoms with E-state index >= 15 is 0 Å². The molecular formula is C13H17BrClNO. The van der Waals surface area contributed by atoms with Crippen molar-refractivity contribution >= 4 is 27.5 Å². The lowest BCUT2D eigenvalue weighted by Gasteiger charge is -2.38. The van der Waals surface area contributed by atoms with E-state index < -0.39 is 5.60 Å². The number of aliphatic hydroxyl groups is 1. The van der Waals surface area contributed by atoms with Crippen molar-refractivity contribution in [3.05, 3.63) is 33.3 Å². The van der Waals surface area contributed by atoms with E-state index in [1.165, 1.54) is 0 Å². The highest BCUT2D eigenvalue weighted by atomic mass is 79.9. The topological polar surface area (TPSA) is 32.3 Å². The van der Waals surface area contributed by atoms with Crippen LogP contribution in [-0.4, -0.2) is 23.8 Å². The molecule has 0 saturated carbocycles. The van der Waals surface area contributed by atoms with Crippen molar-refractivity contribution in [1.29, 1.82) is 0 Å². The van der Waals surface area contributed by atoms with Crippen molar-refractivity contribution in [3.8, 4) is 0 Å². The van der Waals surface area contributed by atoms with Gasteiger partial charge in [0.05, 0.1) is 10.6 Å². The minimum Gasteiger partial charge on any atom is -0.389 e. The van der Waals surface area contributed by atoms with Crippen molar-refractivity contribution in [2.45, 2.75) is 25.4 Å². The summed E-state index contributed by atoms with van der Waals surface area (Å²) in [5.74, 6) is 0.263. The maximum Gasteiger partial charge on any atom is 0.0737 e. The van der Waals surface area contributed by atoms with Crippen molar-refractivity contribution in [1.82, 2.24) is 5.32 Å². The fourth-order valence-corrected chi connectivity index (χ4v) is 2.78. The number of hydrogen-bond donors (Lipinski definition) is 2. The molecule has 2 unspecified atom stereocenters. The molecule has 1 aromatic carbocycles. The van der Waals surface area contributed by atoms with E-state index in [1.54, 1.807) is 0 Å². The van der Waals surface area contributed by atoms with Crippen LogP contribution in [0.1, 0.15) is 18.9 Å². The lowest BCUT2D eigenvalue weighted by atomic mass is 9.78. The average molecular weight is 319 g/mol. The van der Waals surface area contributed by atoms with Gasteiger partial charge in [0.2, 0.25) is 0 Å². The second-order valence-electron chi connectivity index (χ2n) is 4.88. The molecule has 0 bridgehead atoms. The summed E-state index contributed by atoms with van der Waals surface area (Å²) < 4.78 is 0.897. The van der Waals surface area contributed by atoms with Crippen molar-refractivity contribution in [3.63, 3.8) is 0 Å². The Morgan fingerprint density at radius 2 is 2.35 bits per heavy atom. The molecule has 1 heterocycles. The predicted molar refractivity (Wildman–Crippen MR) is 74.5 cm³/mol. The smallest absolute Gasteiger partial charge is 0.0737 e. The van der Waals surface area contributed by atoms with Crippen LogP contribution < -0.4 is 5.32 Å². The van der Waals surface area contributed by atoms with Crippen LogP contribution in [0.4, 0.5) is 0 Å². The van der Waals surface area contributed by atoms with Gasteiger partial charge in [-0.1, -0.05) is 24.6 Å². The molecule has 2 N–H and O–H groups in total. The number of halogens is 2. The third kappa shape index (κ3) is 3.02. The van der Waals surface area contributed by atoms with Crippen LogP contribution in [-0.2, 0) is 6.42 Å². The maximum atomic E-state index is 10.7. The minimum absolute atomic E-state index is 0.263. The molecule has 2 rings (SSSR count). The minimum atomic E-state index is -0.609. The number of hydrogen-bond acceptors (Lipinski definition) is 2. The van der Waals surface area contributed by atoms with Crippen molar-refractivity contribution < 1.29 is 5.11 Å². The van der Waals surface area contributed by atoms with Gasteiger partial charge in [-0.15, -0.1) is 0 Å². The van der Waals surface area contributed by atoms with Crippen molar-refractivity contribution in [2.24, 2.45) is 5.92 Å². The monoisotopic (exact) mass is 317 g/mol. The Morgan fingerprint density at radius 3 is 3.00 bits per heavy atom. The standard InChI is InChI=1S/C13H17BrClNO/c1-9-8-16-5-4-13(9,17)7-10-2-3-11(14)12(15)6-10/h2-3,6,9,16-17H,4-5,7-8H2,1H3. The van der Waals surface area contributed by atoms with Crippen LogP contribution in [0.2, 0.25) is 5.02 Å². The third-order valence-electron chi connectivity index (χ3n) is 3.60. The number of piperidine rings is 1. The molecule has 0 aromatic heterocycles. The fourth-order valence-electron chi connectivity index (χ4n) is 2.33. The third-order valence-corrected chi connectivity index (χ3v) is 4.83. The van der Waals surface area contributed by atoms with Gasteiger partial charge in [-0.05, 0) is 52.5 Å². The van der Waals surface area contributed by atoms with Crippen LogP contribution >= 0.6 is 27.5 Å². The Balaban J connectivity index is 2.16. The number of rotatable bonds is 2. The zero-order valence-corrected chi connectivity index (χ0v) is 12.2. The Kier molecular flexibility index (Phi) is 4.14. The summed E-state index contributed by atoms with van der Waals surface area (Å²) in [4.78, 5) is 0. The summed E-state index contributed by atoms with van der Waals surface area (Å²) in [5.41, 5.74) is 0.483. The number of nitrogens with one attached hydrogen (secondary N) is 1. The molecule has 4 heteroatoms. The van der Waals surface area contributed by atoms with Gasteiger partial charge in [-0.2, -0.15) is 0 Å². The summed E-state index contributed by atoms with van der Waals surface area (Å²) in [6, 6.07) is 5.88. The molecular weight excluding hydrogens is 302 g/mol. The molecule has 0 spiro atoms. The van der Waals surface area contributed by atoms with Crippen LogP contribution in [0, 0.1) is 5.92 Å². The second kappa shape index (κ2) is 5.27. The Hall–Kier alpha value is -0.0900. The summed E-state index contributed by atoms with van der Waals surface area (Å²) in [6.45, 7) is 3.85. The van der Waals surface area contributed by atoms with Gasteiger partial charge in [0.15, 0.2) is 0 Å². The van der Waals surface area contributed by atoms with Crippen LogP contribution in [0.3, 0.4) is 0 Å². The van der Waals surface area contributed by atoms with Crippen LogP contribution in [0.5, 0.6) is 0 Å². The highest BCUT2D eigenvalue weighted by Crippen LogP contribution is 2.30. The highest BCUT2D eigenvalue weighted by Gasteiger charge is 2.35. The predicted octanol–water partition coefficient (Wildman–Crippen LogP) is 3.01. The van der Waals surface area contributed by atoms with Crippen LogP contribution in [0.25, 0.3) is 0 Å². The Bertz CT molecular complexity index is 412. The lowest BCUT2D eigenvalue weighted by Crippen LogP contribution is -2.50. The molecule has 0 aliphatic carbocycles. The average Bonchev–Trinajstić information content (AvgIpc) is 2.28. The Morgan fingerprint density at radius 1 is 1.59 bits per heavy atom. The summed E-state index contributed by atoms with van der Waals surface area (Å²) in [7, 11) is 0. The molecule has 1 aliphatic heterocycles. The van der Waals surface area contributed by atoms with E-state index in [4.69, 9.17) is 11.6 Å². The molecule has 2 atom stereocenters. The number of benzene rings is 1. The van der Waals surface area contributed by atoms with Gasteiger partial charge < -0.3 is 10.4 Å². The first-order valence-corrected chi connectivity index (χ1v) is 7.05. The first kappa shape index (κ1) is 13.3. The molecule has 1 saturated heterocycles. The summed E-state index contributed by atoms with van der Waals surface area (Å²) >= 11 is 9.45. The zero-order valence-electron chi connectivity index (χ0n) is 9.84. The van der Waals surface area contributed by atoms with E-state index in [-0.39, 0.29) is 5.92 Å². The SMILES string of the molecule is CC1CNCCC1(O)Cc1ccc(Br)c(Cl)c1. The molecule has 0 amide bonds. The highest BCUT2D eigenvalue weighted by molar-refractivity contribution is 9.10. The normalized spacial score (nSPS) is 29.3. The quantitative estimate of drug-likeness (QED) is 0.878. The zero-order chi connectivity index (χ0) is 12.5. The van der Waals surface area contributed by atoms with Gasteiger partial charge in [0.1, 0.15) is 0 Å². The van der Waals surface area contributed by atoms with Gasteiger partial charge in [-0.3, -0.25) is 0 Å². The molecule has 17 heavy (non-hydrogen) atoms.